The van der Waals surface area contributed by atoms with Crippen molar-refractivity contribution in [1.82, 2.24) is 5.32 Å². The van der Waals surface area contributed by atoms with Gasteiger partial charge in [0.1, 0.15) is 0 Å². The van der Waals surface area contributed by atoms with Gasteiger partial charge in [-0.05, 0) is 19.1 Å². The molecule has 0 bridgehead atoms. The van der Waals surface area contributed by atoms with Crippen molar-refractivity contribution < 1.29 is 9.53 Å². The van der Waals surface area contributed by atoms with E-state index in [4.69, 9.17) is 16.3 Å². The Morgan fingerprint density at radius 1 is 1.53 bits per heavy atom. The minimum absolute atomic E-state index is 0.104. The minimum atomic E-state index is -0.227. The van der Waals surface area contributed by atoms with Crippen LogP contribution in [0.3, 0.4) is 0 Å². The molecule has 0 spiro atoms. The number of rotatable bonds is 5. The first-order valence-corrected chi connectivity index (χ1v) is 7.09. The molecule has 1 rings (SSSR count). The Labute approximate surface area is 100 Å². The van der Waals surface area contributed by atoms with E-state index in [1.54, 1.807) is 11.8 Å². The number of nitrogens with one attached hydrogen (secondary N) is 1. The van der Waals surface area contributed by atoms with Gasteiger partial charge in [-0.2, -0.15) is 11.8 Å². The highest BCUT2D eigenvalue weighted by Gasteiger charge is 2.32. The topological polar surface area (TPSA) is 38.3 Å². The van der Waals surface area contributed by atoms with Crippen molar-refractivity contribution in [3.63, 3.8) is 0 Å². The smallest absolute Gasteiger partial charge is 0.221 e. The molecule has 15 heavy (non-hydrogen) atoms. The number of hydrogen-bond donors (Lipinski definition) is 1. The summed E-state index contributed by atoms with van der Waals surface area (Å²) >= 11 is 7.62. The fourth-order valence-corrected chi connectivity index (χ4v) is 2.33. The number of thioether (sulfide) groups is 1. The third-order valence-electron chi connectivity index (χ3n) is 2.64. The van der Waals surface area contributed by atoms with E-state index in [0.717, 1.165) is 18.6 Å². The average molecular weight is 252 g/mol. The summed E-state index contributed by atoms with van der Waals surface area (Å²) in [5, 5.41) is 3.05. The average Bonchev–Trinajstić information content (AvgIpc) is 2.27. The molecule has 0 unspecified atom stereocenters. The van der Waals surface area contributed by atoms with Crippen molar-refractivity contribution in [3.05, 3.63) is 0 Å². The molecule has 0 aromatic carbocycles. The van der Waals surface area contributed by atoms with Crippen LogP contribution in [0.2, 0.25) is 0 Å². The van der Waals surface area contributed by atoms with Crippen LogP contribution in [0.4, 0.5) is 0 Å². The first-order chi connectivity index (χ1) is 7.22. The van der Waals surface area contributed by atoms with E-state index in [-0.39, 0.29) is 11.4 Å². The van der Waals surface area contributed by atoms with Crippen LogP contribution in [0.15, 0.2) is 0 Å². The molecule has 1 aliphatic heterocycles. The summed E-state index contributed by atoms with van der Waals surface area (Å²) in [4.78, 5) is 11.6. The molecule has 1 heterocycles. The summed E-state index contributed by atoms with van der Waals surface area (Å²) in [6.07, 6.45) is 4.21. The number of amides is 1. The molecular weight excluding hydrogens is 234 g/mol. The Bertz CT molecular complexity index is 208. The Hall–Kier alpha value is 0.0700. The molecule has 1 aliphatic rings. The summed E-state index contributed by atoms with van der Waals surface area (Å²) in [5.74, 6) is 1.44. The van der Waals surface area contributed by atoms with E-state index in [1.807, 2.05) is 6.26 Å². The normalized spacial score (nSPS) is 19.9. The maximum Gasteiger partial charge on any atom is 0.221 e. The molecule has 1 fully saturated rings. The van der Waals surface area contributed by atoms with Crippen LogP contribution in [0.1, 0.15) is 19.3 Å². The van der Waals surface area contributed by atoms with Crippen LogP contribution in [-0.2, 0) is 9.53 Å². The number of ether oxygens (including phenoxy) is 1. The quantitative estimate of drug-likeness (QED) is 0.755. The van der Waals surface area contributed by atoms with Gasteiger partial charge in [-0.25, -0.2) is 0 Å². The zero-order valence-corrected chi connectivity index (χ0v) is 10.6. The summed E-state index contributed by atoms with van der Waals surface area (Å²) in [5.41, 5.74) is -0.227. The third kappa shape index (κ3) is 4.21. The zero-order valence-electron chi connectivity index (χ0n) is 9.05. The second-order valence-corrected chi connectivity index (χ2v) is 5.07. The predicted molar refractivity (Wildman–Crippen MR) is 64.6 cm³/mol. The molecule has 0 aromatic rings. The highest BCUT2D eigenvalue weighted by Crippen LogP contribution is 2.22. The lowest BCUT2D eigenvalue weighted by molar-refractivity contribution is -0.123. The molecule has 3 nitrogen and oxygen atoms in total. The standard InChI is InChI=1S/C10H18ClNO2S/c1-15-7-2-9(13)12-10(8-11)3-5-14-6-4-10/h2-8H2,1H3,(H,12,13). The minimum Gasteiger partial charge on any atom is -0.381 e. The van der Waals surface area contributed by atoms with E-state index in [1.165, 1.54) is 0 Å². The maximum atomic E-state index is 11.6. The van der Waals surface area contributed by atoms with Gasteiger partial charge in [0.15, 0.2) is 0 Å². The molecule has 0 saturated carbocycles. The number of carbonyl (C=O) groups is 1. The van der Waals surface area contributed by atoms with Gasteiger partial charge in [-0.15, -0.1) is 11.6 Å². The maximum absolute atomic E-state index is 11.6. The number of halogens is 1. The molecule has 0 atom stereocenters. The zero-order chi connectivity index (χ0) is 11.1. The van der Waals surface area contributed by atoms with Gasteiger partial charge < -0.3 is 10.1 Å². The van der Waals surface area contributed by atoms with Crippen LogP contribution < -0.4 is 5.32 Å². The van der Waals surface area contributed by atoms with Gasteiger partial charge in [0.05, 0.1) is 5.54 Å². The number of alkyl halides is 1. The van der Waals surface area contributed by atoms with Crippen LogP contribution in [0, 0.1) is 0 Å². The number of carbonyl (C=O) groups excluding carboxylic acids is 1. The summed E-state index contributed by atoms with van der Waals surface area (Å²) in [6.45, 7) is 1.38. The van der Waals surface area contributed by atoms with Gasteiger partial charge in [-0.3, -0.25) is 4.79 Å². The van der Waals surface area contributed by atoms with Crippen molar-refractivity contribution in [2.45, 2.75) is 24.8 Å². The molecule has 1 amide bonds. The van der Waals surface area contributed by atoms with Crippen LogP contribution >= 0.6 is 23.4 Å². The van der Waals surface area contributed by atoms with E-state index >= 15 is 0 Å². The molecule has 1 saturated heterocycles. The van der Waals surface area contributed by atoms with Crippen LogP contribution in [0.25, 0.3) is 0 Å². The van der Waals surface area contributed by atoms with Gasteiger partial charge in [0.2, 0.25) is 5.91 Å². The van der Waals surface area contributed by atoms with Gasteiger partial charge in [0.25, 0.3) is 0 Å². The lowest BCUT2D eigenvalue weighted by Crippen LogP contribution is -2.53. The first kappa shape index (κ1) is 13.1. The molecule has 1 N–H and O–H groups in total. The monoisotopic (exact) mass is 251 g/mol. The molecule has 0 aromatic heterocycles. The lowest BCUT2D eigenvalue weighted by atomic mass is 9.92. The number of hydrogen-bond acceptors (Lipinski definition) is 3. The second-order valence-electron chi connectivity index (χ2n) is 3.82. The van der Waals surface area contributed by atoms with Gasteiger partial charge in [-0.1, -0.05) is 0 Å². The van der Waals surface area contributed by atoms with Crippen molar-refractivity contribution in [2.75, 3.05) is 31.1 Å². The Balaban J connectivity index is 2.40. The van der Waals surface area contributed by atoms with E-state index < -0.39 is 0 Å². The largest absolute Gasteiger partial charge is 0.381 e. The lowest BCUT2D eigenvalue weighted by Gasteiger charge is -2.36. The van der Waals surface area contributed by atoms with E-state index in [2.05, 4.69) is 5.32 Å². The molecule has 0 radical (unpaired) electrons. The van der Waals surface area contributed by atoms with Gasteiger partial charge >= 0.3 is 0 Å². The van der Waals surface area contributed by atoms with Crippen molar-refractivity contribution >= 4 is 29.3 Å². The Kier molecular flexibility index (Phi) is 5.79. The fourth-order valence-electron chi connectivity index (χ4n) is 1.61. The third-order valence-corrected chi connectivity index (χ3v) is 3.77. The van der Waals surface area contributed by atoms with E-state index in [9.17, 15) is 4.79 Å². The van der Waals surface area contributed by atoms with Crippen molar-refractivity contribution in [3.8, 4) is 0 Å². The van der Waals surface area contributed by atoms with Gasteiger partial charge in [0, 0.05) is 31.3 Å². The molecule has 5 heteroatoms. The fraction of sp³-hybridized carbons (Fsp3) is 0.900. The highest BCUT2D eigenvalue weighted by atomic mass is 35.5. The Morgan fingerprint density at radius 2 is 2.20 bits per heavy atom. The van der Waals surface area contributed by atoms with Crippen molar-refractivity contribution in [1.29, 1.82) is 0 Å². The predicted octanol–water partition coefficient (Wildman–Crippen LogP) is 1.64. The molecular formula is C10H18ClNO2S. The summed E-state index contributed by atoms with van der Waals surface area (Å²) in [7, 11) is 0. The molecule has 88 valence electrons. The SMILES string of the molecule is CSCCC(=O)NC1(CCl)CCOCC1. The van der Waals surface area contributed by atoms with Crippen LogP contribution in [0.5, 0.6) is 0 Å². The Morgan fingerprint density at radius 3 is 2.73 bits per heavy atom. The first-order valence-electron chi connectivity index (χ1n) is 5.16. The van der Waals surface area contributed by atoms with E-state index in [0.29, 0.717) is 25.5 Å². The molecule has 0 aliphatic carbocycles. The van der Waals surface area contributed by atoms with Crippen LogP contribution in [-0.4, -0.2) is 42.5 Å². The highest BCUT2D eigenvalue weighted by molar-refractivity contribution is 7.98. The summed E-state index contributed by atoms with van der Waals surface area (Å²) < 4.78 is 5.28. The summed E-state index contributed by atoms with van der Waals surface area (Å²) in [6, 6.07) is 0. The second kappa shape index (κ2) is 6.61. The van der Waals surface area contributed by atoms with Crippen molar-refractivity contribution in [2.24, 2.45) is 0 Å².